The molecule has 1 aromatic rings. The molecule has 0 saturated heterocycles. The highest BCUT2D eigenvalue weighted by Gasteiger charge is 2.26. The number of hydrogen-bond acceptors (Lipinski definition) is 2. The molecule has 10 heavy (non-hydrogen) atoms. The van der Waals surface area contributed by atoms with Crippen LogP contribution in [0.2, 0.25) is 0 Å². The van der Waals surface area contributed by atoms with E-state index in [0.717, 1.165) is 5.92 Å². The largest absolute Gasteiger partial charge is 0.328 e. The van der Waals surface area contributed by atoms with Crippen molar-refractivity contribution in [3.63, 3.8) is 0 Å². The van der Waals surface area contributed by atoms with Crippen molar-refractivity contribution in [2.24, 2.45) is 5.73 Å². The van der Waals surface area contributed by atoms with E-state index < -0.39 is 0 Å². The lowest BCUT2D eigenvalue weighted by Crippen LogP contribution is -2.34. The highest BCUT2D eigenvalue weighted by molar-refractivity contribution is 7.07. The van der Waals surface area contributed by atoms with Crippen LogP contribution in [0.3, 0.4) is 0 Å². The molecule has 0 unspecified atom stereocenters. The zero-order chi connectivity index (χ0) is 6.97. The van der Waals surface area contributed by atoms with E-state index in [4.69, 9.17) is 5.73 Å². The van der Waals surface area contributed by atoms with Crippen molar-refractivity contribution in [2.45, 2.75) is 24.8 Å². The second kappa shape index (κ2) is 2.36. The minimum Gasteiger partial charge on any atom is -0.328 e. The molecule has 2 rings (SSSR count). The van der Waals surface area contributed by atoms with Gasteiger partial charge in [-0.3, -0.25) is 0 Å². The van der Waals surface area contributed by atoms with Crippen LogP contribution in [-0.4, -0.2) is 6.04 Å². The fraction of sp³-hybridized carbons (Fsp3) is 0.500. The molecule has 0 spiro atoms. The van der Waals surface area contributed by atoms with Gasteiger partial charge < -0.3 is 5.73 Å². The monoisotopic (exact) mass is 153 g/mol. The number of nitrogens with two attached hydrogens (primary N) is 1. The maximum absolute atomic E-state index is 5.68. The highest BCUT2D eigenvalue weighted by atomic mass is 32.1. The van der Waals surface area contributed by atoms with Gasteiger partial charge in [0.2, 0.25) is 0 Å². The van der Waals surface area contributed by atoms with Crippen LogP contribution >= 0.6 is 11.3 Å². The Labute approximate surface area is 64.9 Å². The zero-order valence-corrected chi connectivity index (χ0v) is 6.60. The van der Waals surface area contributed by atoms with Gasteiger partial charge in [-0.2, -0.15) is 11.3 Å². The van der Waals surface area contributed by atoms with Gasteiger partial charge >= 0.3 is 0 Å². The molecule has 1 aliphatic rings. The van der Waals surface area contributed by atoms with E-state index in [2.05, 4.69) is 16.8 Å². The molecular weight excluding hydrogens is 142 g/mol. The second-order valence-corrected chi connectivity index (χ2v) is 3.77. The van der Waals surface area contributed by atoms with Crippen LogP contribution in [0.1, 0.15) is 24.3 Å². The maximum Gasteiger partial charge on any atom is 0.00505 e. The molecule has 0 aliphatic heterocycles. The van der Waals surface area contributed by atoms with Gasteiger partial charge in [-0.25, -0.2) is 0 Å². The lowest BCUT2D eigenvalue weighted by Gasteiger charge is -2.31. The van der Waals surface area contributed by atoms with Crippen molar-refractivity contribution in [2.75, 3.05) is 0 Å². The summed E-state index contributed by atoms with van der Waals surface area (Å²) in [5.41, 5.74) is 7.17. The summed E-state index contributed by atoms with van der Waals surface area (Å²) < 4.78 is 0. The molecule has 0 aromatic carbocycles. The Bertz CT molecular complexity index is 199. The normalized spacial score (nSPS) is 31.7. The molecule has 2 heteroatoms. The number of rotatable bonds is 1. The number of thiophene rings is 1. The van der Waals surface area contributed by atoms with Gasteiger partial charge in [0.1, 0.15) is 0 Å². The van der Waals surface area contributed by atoms with Crippen molar-refractivity contribution >= 4 is 11.3 Å². The molecule has 1 fully saturated rings. The van der Waals surface area contributed by atoms with E-state index in [1.165, 1.54) is 18.4 Å². The van der Waals surface area contributed by atoms with E-state index in [1.54, 1.807) is 11.3 Å². The molecule has 2 N–H and O–H groups in total. The van der Waals surface area contributed by atoms with E-state index in [0.29, 0.717) is 6.04 Å². The molecule has 1 aliphatic carbocycles. The average molecular weight is 153 g/mol. The summed E-state index contributed by atoms with van der Waals surface area (Å²) in [6.45, 7) is 0. The van der Waals surface area contributed by atoms with Gasteiger partial charge in [0, 0.05) is 6.04 Å². The predicted octanol–water partition coefficient (Wildman–Crippen LogP) is 1.95. The molecule has 54 valence electrons. The Kier molecular flexibility index (Phi) is 1.51. The van der Waals surface area contributed by atoms with Crippen molar-refractivity contribution in [1.29, 1.82) is 0 Å². The second-order valence-electron chi connectivity index (χ2n) is 2.99. The van der Waals surface area contributed by atoms with Gasteiger partial charge in [-0.05, 0) is 41.1 Å². The predicted molar refractivity (Wildman–Crippen MR) is 44.3 cm³/mol. The first-order valence-electron chi connectivity index (χ1n) is 3.64. The third-order valence-corrected chi connectivity index (χ3v) is 2.89. The first-order valence-corrected chi connectivity index (χ1v) is 4.58. The quantitative estimate of drug-likeness (QED) is 0.655. The van der Waals surface area contributed by atoms with Crippen LogP contribution in [0, 0.1) is 0 Å². The lowest BCUT2D eigenvalue weighted by molar-refractivity contribution is 0.352. The summed E-state index contributed by atoms with van der Waals surface area (Å²) in [5.74, 6) is 0.779. The maximum atomic E-state index is 5.68. The van der Waals surface area contributed by atoms with Gasteiger partial charge in [-0.15, -0.1) is 0 Å². The van der Waals surface area contributed by atoms with Crippen molar-refractivity contribution in [3.05, 3.63) is 22.4 Å². The standard InChI is InChI=1S/C8H11NS/c9-8-3-7(4-8)6-1-2-10-5-6/h1-2,5,7-8H,3-4,9H2. The summed E-state index contributed by atoms with van der Waals surface area (Å²) in [6, 6.07) is 2.69. The summed E-state index contributed by atoms with van der Waals surface area (Å²) >= 11 is 1.78. The van der Waals surface area contributed by atoms with Gasteiger partial charge in [0.25, 0.3) is 0 Å². The Morgan fingerprint density at radius 1 is 1.50 bits per heavy atom. The van der Waals surface area contributed by atoms with Crippen molar-refractivity contribution < 1.29 is 0 Å². The van der Waals surface area contributed by atoms with Crippen LogP contribution in [-0.2, 0) is 0 Å². The molecule has 0 amide bonds. The van der Waals surface area contributed by atoms with Gasteiger partial charge in [-0.1, -0.05) is 0 Å². The van der Waals surface area contributed by atoms with Crippen LogP contribution in [0.15, 0.2) is 16.8 Å². The molecule has 0 atom stereocenters. The molecular formula is C8H11NS. The Morgan fingerprint density at radius 2 is 2.30 bits per heavy atom. The molecule has 1 nitrogen and oxygen atoms in total. The Balaban J connectivity index is 2.04. The van der Waals surface area contributed by atoms with Gasteiger partial charge in [0.05, 0.1) is 0 Å². The molecule has 1 heterocycles. The summed E-state index contributed by atoms with van der Waals surface area (Å²) in [5, 5.41) is 4.37. The van der Waals surface area contributed by atoms with E-state index in [1.807, 2.05) is 0 Å². The molecule has 0 radical (unpaired) electrons. The van der Waals surface area contributed by atoms with Crippen LogP contribution in [0.4, 0.5) is 0 Å². The highest BCUT2D eigenvalue weighted by Crippen LogP contribution is 2.36. The smallest absolute Gasteiger partial charge is 0.00505 e. The van der Waals surface area contributed by atoms with E-state index in [-0.39, 0.29) is 0 Å². The number of hydrogen-bond donors (Lipinski definition) is 1. The van der Waals surface area contributed by atoms with Crippen molar-refractivity contribution in [3.8, 4) is 0 Å². The van der Waals surface area contributed by atoms with Crippen LogP contribution < -0.4 is 5.73 Å². The fourth-order valence-electron chi connectivity index (χ4n) is 1.44. The fourth-order valence-corrected chi connectivity index (χ4v) is 2.18. The van der Waals surface area contributed by atoms with Crippen LogP contribution in [0.25, 0.3) is 0 Å². The third kappa shape index (κ3) is 0.976. The first kappa shape index (κ1) is 6.38. The minimum atomic E-state index is 0.477. The molecule has 1 aromatic heterocycles. The van der Waals surface area contributed by atoms with E-state index in [9.17, 15) is 0 Å². The minimum absolute atomic E-state index is 0.477. The van der Waals surface area contributed by atoms with Crippen LogP contribution in [0.5, 0.6) is 0 Å². The first-order chi connectivity index (χ1) is 4.86. The Hall–Kier alpha value is -0.340. The van der Waals surface area contributed by atoms with Gasteiger partial charge in [0.15, 0.2) is 0 Å². The summed E-state index contributed by atoms with van der Waals surface area (Å²) in [4.78, 5) is 0. The van der Waals surface area contributed by atoms with Crippen molar-refractivity contribution in [1.82, 2.24) is 0 Å². The topological polar surface area (TPSA) is 26.0 Å². The van der Waals surface area contributed by atoms with E-state index >= 15 is 0 Å². The molecule has 0 bridgehead atoms. The Morgan fingerprint density at radius 3 is 2.80 bits per heavy atom. The summed E-state index contributed by atoms with van der Waals surface area (Å²) in [7, 11) is 0. The summed E-state index contributed by atoms with van der Waals surface area (Å²) in [6.07, 6.45) is 2.38. The SMILES string of the molecule is NC1CC(c2ccsc2)C1. The zero-order valence-electron chi connectivity index (χ0n) is 5.79. The lowest BCUT2D eigenvalue weighted by atomic mass is 9.77. The third-order valence-electron chi connectivity index (χ3n) is 2.19. The molecule has 1 saturated carbocycles. The average Bonchev–Trinajstić information content (AvgIpc) is 2.31.